The molecule has 35 heavy (non-hydrogen) atoms. The van der Waals surface area contributed by atoms with Gasteiger partial charge in [-0.3, -0.25) is 4.79 Å². The van der Waals surface area contributed by atoms with Gasteiger partial charge in [-0.05, 0) is 36.4 Å². The minimum atomic E-state index is -0.0825. The first kappa shape index (κ1) is 24.0. The number of aryl methyl sites for hydroxylation is 1. The van der Waals surface area contributed by atoms with Gasteiger partial charge in [0.2, 0.25) is 5.88 Å². The van der Waals surface area contributed by atoms with Crippen LogP contribution in [0.15, 0.2) is 84.9 Å². The third-order valence-corrected chi connectivity index (χ3v) is 5.63. The fourth-order valence-electron chi connectivity index (χ4n) is 3.81. The zero-order valence-electron chi connectivity index (χ0n) is 20.2. The van der Waals surface area contributed by atoms with Gasteiger partial charge in [0.05, 0.1) is 25.8 Å². The number of amides is 1. The predicted molar refractivity (Wildman–Crippen MR) is 135 cm³/mol. The highest BCUT2D eigenvalue weighted by atomic mass is 16.5. The zero-order chi connectivity index (χ0) is 24.6. The van der Waals surface area contributed by atoms with E-state index in [-0.39, 0.29) is 5.91 Å². The molecule has 3 aromatic carbocycles. The first-order valence-electron chi connectivity index (χ1n) is 11.4. The van der Waals surface area contributed by atoms with Crippen molar-refractivity contribution < 1.29 is 19.0 Å². The Kier molecular flexibility index (Phi) is 7.80. The molecule has 4 aromatic rings. The fourth-order valence-corrected chi connectivity index (χ4v) is 3.81. The number of nitrogens with zero attached hydrogens (tertiary/aromatic N) is 3. The van der Waals surface area contributed by atoms with Gasteiger partial charge in [-0.1, -0.05) is 48.5 Å². The number of carbonyl (C=O) groups is 1. The maximum absolute atomic E-state index is 13.4. The number of benzene rings is 3. The largest absolute Gasteiger partial charge is 0.497 e. The second-order valence-electron chi connectivity index (χ2n) is 7.99. The van der Waals surface area contributed by atoms with E-state index in [2.05, 4.69) is 0 Å². The van der Waals surface area contributed by atoms with Gasteiger partial charge >= 0.3 is 0 Å². The Morgan fingerprint density at radius 1 is 0.886 bits per heavy atom. The van der Waals surface area contributed by atoms with E-state index in [0.717, 1.165) is 22.6 Å². The van der Waals surface area contributed by atoms with Crippen LogP contribution >= 0.6 is 0 Å². The molecule has 1 aromatic heterocycles. The molecular formula is C28H29N3O4. The summed E-state index contributed by atoms with van der Waals surface area (Å²) in [4.78, 5) is 15.2. The minimum Gasteiger partial charge on any atom is -0.497 e. The third-order valence-electron chi connectivity index (χ3n) is 5.63. The second-order valence-corrected chi connectivity index (χ2v) is 7.99. The van der Waals surface area contributed by atoms with Crippen LogP contribution < -0.4 is 9.47 Å². The van der Waals surface area contributed by atoms with E-state index in [0.29, 0.717) is 36.9 Å². The first-order chi connectivity index (χ1) is 17.1. The average molecular weight is 472 g/mol. The number of rotatable bonds is 10. The van der Waals surface area contributed by atoms with E-state index in [1.165, 1.54) is 0 Å². The SMILES string of the molecule is COCCN(Cc1c(-c2ccccc2)nn(C)c1Oc1ccc(OC)cc1)C(=O)c1ccccc1. The summed E-state index contributed by atoms with van der Waals surface area (Å²) < 4.78 is 18.6. The molecule has 0 aliphatic carbocycles. The summed E-state index contributed by atoms with van der Waals surface area (Å²) in [6, 6.07) is 26.5. The van der Waals surface area contributed by atoms with Crippen LogP contribution in [0.1, 0.15) is 15.9 Å². The lowest BCUT2D eigenvalue weighted by Gasteiger charge is -2.23. The predicted octanol–water partition coefficient (Wildman–Crippen LogP) is 5.18. The van der Waals surface area contributed by atoms with Gasteiger partial charge in [-0.2, -0.15) is 5.10 Å². The first-order valence-corrected chi connectivity index (χ1v) is 11.4. The Morgan fingerprint density at radius 3 is 2.14 bits per heavy atom. The van der Waals surface area contributed by atoms with E-state index < -0.39 is 0 Å². The maximum atomic E-state index is 13.4. The van der Waals surface area contributed by atoms with Crippen LogP contribution in [0.5, 0.6) is 17.4 Å². The van der Waals surface area contributed by atoms with Crippen molar-refractivity contribution in [1.29, 1.82) is 0 Å². The topological polar surface area (TPSA) is 65.8 Å². The van der Waals surface area contributed by atoms with E-state index >= 15 is 0 Å². The highest BCUT2D eigenvalue weighted by molar-refractivity contribution is 5.94. The van der Waals surface area contributed by atoms with Crippen molar-refractivity contribution in [2.45, 2.75) is 6.54 Å². The van der Waals surface area contributed by atoms with Gasteiger partial charge in [-0.15, -0.1) is 0 Å². The molecule has 1 amide bonds. The molecule has 0 radical (unpaired) electrons. The average Bonchev–Trinajstić information content (AvgIpc) is 3.22. The minimum absolute atomic E-state index is 0.0825. The molecule has 0 saturated heterocycles. The molecule has 0 atom stereocenters. The van der Waals surface area contributed by atoms with Crippen LogP contribution in [0, 0.1) is 0 Å². The van der Waals surface area contributed by atoms with Crippen molar-refractivity contribution in [2.24, 2.45) is 7.05 Å². The molecule has 180 valence electrons. The molecule has 0 N–H and O–H groups in total. The number of carbonyl (C=O) groups excluding carboxylic acids is 1. The number of hydrogen-bond donors (Lipinski definition) is 0. The third kappa shape index (κ3) is 5.70. The van der Waals surface area contributed by atoms with Gasteiger partial charge in [0.1, 0.15) is 17.2 Å². The lowest BCUT2D eigenvalue weighted by atomic mass is 10.1. The Bertz CT molecular complexity index is 1240. The number of ether oxygens (including phenoxy) is 3. The number of hydrogen-bond acceptors (Lipinski definition) is 5. The summed E-state index contributed by atoms with van der Waals surface area (Å²) in [6.07, 6.45) is 0. The molecule has 4 rings (SSSR count). The van der Waals surface area contributed by atoms with Crippen LogP contribution in [0.4, 0.5) is 0 Å². The Morgan fingerprint density at radius 2 is 1.51 bits per heavy atom. The summed E-state index contributed by atoms with van der Waals surface area (Å²) in [5, 5.41) is 4.77. The molecular weight excluding hydrogens is 442 g/mol. The van der Waals surface area contributed by atoms with E-state index in [4.69, 9.17) is 19.3 Å². The van der Waals surface area contributed by atoms with Crippen LogP contribution in [0.3, 0.4) is 0 Å². The molecule has 0 unspecified atom stereocenters. The van der Waals surface area contributed by atoms with Crippen molar-refractivity contribution in [3.05, 3.63) is 96.1 Å². The molecule has 0 spiro atoms. The van der Waals surface area contributed by atoms with Crippen LogP contribution in [-0.4, -0.2) is 48.0 Å². The van der Waals surface area contributed by atoms with Gasteiger partial charge in [0.25, 0.3) is 5.91 Å². The lowest BCUT2D eigenvalue weighted by Crippen LogP contribution is -2.33. The van der Waals surface area contributed by atoms with Gasteiger partial charge < -0.3 is 19.1 Å². The maximum Gasteiger partial charge on any atom is 0.254 e. The van der Waals surface area contributed by atoms with Crippen molar-refractivity contribution in [1.82, 2.24) is 14.7 Å². The van der Waals surface area contributed by atoms with Crippen molar-refractivity contribution in [2.75, 3.05) is 27.4 Å². The summed E-state index contributed by atoms with van der Waals surface area (Å²) >= 11 is 0. The second kappa shape index (κ2) is 11.4. The van der Waals surface area contributed by atoms with Crippen molar-refractivity contribution >= 4 is 5.91 Å². The smallest absolute Gasteiger partial charge is 0.254 e. The highest BCUT2D eigenvalue weighted by Crippen LogP contribution is 2.34. The molecule has 1 heterocycles. The van der Waals surface area contributed by atoms with Crippen LogP contribution in [-0.2, 0) is 18.3 Å². The van der Waals surface area contributed by atoms with Gasteiger partial charge in [-0.25, -0.2) is 4.68 Å². The van der Waals surface area contributed by atoms with Crippen molar-refractivity contribution in [3.8, 4) is 28.6 Å². The molecule has 0 bridgehead atoms. The number of methoxy groups -OCH3 is 2. The lowest BCUT2D eigenvalue weighted by molar-refractivity contribution is 0.0679. The van der Waals surface area contributed by atoms with E-state index in [1.54, 1.807) is 23.8 Å². The molecule has 0 aliphatic heterocycles. The zero-order valence-corrected chi connectivity index (χ0v) is 20.2. The molecule has 0 aliphatic rings. The fraction of sp³-hybridized carbons (Fsp3) is 0.214. The summed E-state index contributed by atoms with van der Waals surface area (Å²) in [6.45, 7) is 1.14. The van der Waals surface area contributed by atoms with Gasteiger partial charge in [0, 0.05) is 31.8 Å². The van der Waals surface area contributed by atoms with E-state index in [9.17, 15) is 4.79 Å². The number of aromatic nitrogens is 2. The molecule has 7 heteroatoms. The monoisotopic (exact) mass is 471 g/mol. The van der Waals surface area contributed by atoms with Crippen molar-refractivity contribution in [3.63, 3.8) is 0 Å². The van der Waals surface area contributed by atoms with Gasteiger partial charge in [0.15, 0.2) is 0 Å². The molecule has 0 fully saturated rings. The highest BCUT2D eigenvalue weighted by Gasteiger charge is 2.25. The molecule has 0 saturated carbocycles. The van der Waals surface area contributed by atoms with E-state index in [1.807, 2.05) is 92.0 Å². The summed E-state index contributed by atoms with van der Waals surface area (Å²) in [7, 11) is 5.09. The quantitative estimate of drug-likeness (QED) is 0.319. The summed E-state index contributed by atoms with van der Waals surface area (Å²) in [5.74, 6) is 1.87. The Balaban J connectivity index is 1.75. The standard InChI is InChI=1S/C28H29N3O4/c1-30-28(35-24-16-14-23(34-3)15-17-24)25(26(29-30)21-10-6-4-7-11-21)20-31(18-19-33-2)27(32)22-12-8-5-9-13-22/h4-17H,18-20H2,1-3H3. The Labute approximate surface area is 205 Å². The summed E-state index contributed by atoms with van der Waals surface area (Å²) in [5.41, 5.74) is 3.14. The normalized spacial score (nSPS) is 10.7. The molecule has 7 nitrogen and oxygen atoms in total. The Hall–Kier alpha value is -4.10. The van der Waals surface area contributed by atoms with Crippen LogP contribution in [0.25, 0.3) is 11.3 Å². The van der Waals surface area contributed by atoms with Crippen LogP contribution in [0.2, 0.25) is 0 Å².